The van der Waals surface area contributed by atoms with E-state index in [0.717, 1.165) is 38.3 Å². The molecule has 0 aliphatic heterocycles. The predicted molar refractivity (Wildman–Crippen MR) is 98.3 cm³/mol. The predicted octanol–water partition coefficient (Wildman–Crippen LogP) is 2.17. The molecule has 1 fully saturated rings. The zero-order valence-corrected chi connectivity index (χ0v) is 15.0. The van der Waals surface area contributed by atoms with E-state index in [1.165, 1.54) is 5.56 Å². The maximum absolute atomic E-state index is 9.31. The van der Waals surface area contributed by atoms with Crippen LogP contribution >= 0.6 is 24.0 Å². The Bertz CT molecular complexity index is 432. The lowest BCUT2D eigenvalue weighted by atomic mass is 10.1. The normalized spacial score (nSPS) is 16.0. The molecule has 0 bridgehead atoms. The number of rotatable bonds is 7. The zero-order chi connectivity index (χ0) is 14.3. The van der Waals surface area contributed by atoms with Crippen LogP contribution in [0.15, 0.2) is 35.3 Å². The van der Waals surface area contributed by atoms with Gasteiger partial charge in [0, 0.05) is 18.5 Å². The maximum Gasteiger partial charge on any atom is 0.191 e. The molecular formula is C16H26IN3O. The van der Waals surface area contributed by atoms with E-state index in [9.17, 15) is 5.11 Å². The maximum atomic E-state index is 9.31. The molecule has 21 heavy (non-hydrogen) atoms. The number of nitrogens with zero attached hydrogens (tertiary/aromatic N) is 1. The number of benzene rings is 1. The fourth-order valence-corrected chi connectivity index (χ4v) is 2.10. The monoisotopic (exact) mass is 403 g/mol. The molecule has 0 unspecified atom stereocenters. The SMILES string of the molecule is CCNC(=NCC1(CO)CC1)NCCc1ccccc1.I. The molecule has 0 saturated heterocycles. The van der Waals surface area contributed by atoms with Crippen molar-refractivity contribution in [2.75, 3.05) is 26.2 Å². The fraction of sp³-hybridized carbons (Fsp3) is 0.562. The first kappa shape index (κ1) is 18.2. The van der Waals surface area contributed by atoms with Crippen molar-refractivity contribution in [2.24, 2.45) is 10.4 Å². The first-order valence-corrected chi connectivity index (χ1v) is 7.45. The molecule has 0 atom stereocenters. The van der Waals surface area contributed by atoms with Gasteiger partial charge in [0.2, 0.25) is 0 Å². The number of nitrogens with one attached hydrogen (secondary N) is 2. The third kappa shape index (κ3) is 6.22. The van der Waals surface area contributed by atoms with E-state index in [2.05, 4.69) is 46.8 Å². The molecular weight excluding hydrogens is 377 g/mol. The van der Waals surface area contributed by atoms with Gasteiger partial charge in [0.1, 0.15) is 0 Å². The second-order valence-electron chi connectivity index (χ2n) is 5.52. The van der Waals surface area contributed by atoms with E-state index in [0.29, 0.717) is 6.54 Å². The van der Waals surface area contributed by atoms with Crippen LogP contribution in [0, 0.1) is 5.41 Å². The summed E-state index contributed by atoms with van der Waals surface area (Å²) in [6.07, 6.45) is 3.17. The molecule has 1 aromatic rings. The number of hydrogen-bond acceptors (Lipinski definition) is 2. The average Bonchev–Trinajstić information content (AvgIpc) is 3.26. The Balaban J connectivity index is 0.00000220. The molecule has 0 heterocycles. The van der Waals surface area contributed by atoms with E-state index >= 15 is 0 Å². The van der Waals surface area contributed by atoms with Crippen LogP contribution in [-0.4, -0.2) is 37.3 Å². The molecule has 0 amide bonds. The molecule has 2 rings (SSSR count). The molecule has 1 aromatic carbocycles. The van der Waals surface area contributed by atoms with Gasteiger partial charge in [0.05, 0.1) is 13.2 Å². The van der Waals surface area contributed by atoms with Gasteiger partial charge in [-0.15, -0.1) is 24.0 Å². The highest BCUT2D eigenvalue weighted by molar-refractivity contribution is 14.0. The van der Waals surface area contributed by atoms with Crippen molar-refractivity contribution < 1.29 is 5.11 Å². The number of aliphatic hydroxyl groups excluding tert-OH is 1. The topological polar surface area (TPSA) is 56.7 Å². The van der Waals surface area contributed by atoms with E-state index in [4.69, 9.17) is 0 Å². The van der Waals surface area contributed by atoms with E-state index in [-0.39, 0.29) is 36.0 Å². The van der Waals surface area contributed by atoms with Crippen LogP contribution in [0.5, 0.6) is 0 Å². The number of guanidine groups is 1. The van der Waals surface area contributed by atoms with Gasteiger partial charge >= 0.3 is 0 Å². The molecule has 1 aliphatic carbocycles. The third-order valence-corrected chi connectivity index (χ3v) is 3.76. The van der Waals surface area contributed by atoms with Gasteiger partial charge in [-0.2, -0.15) is 0 Å². The van der Waals surface area contributed by atoms with Gasteiger partial charge in [-0.05, 0) is 31.7 Å². The molecule has 0 radical (unpaired) electrons. The Morgan fingerprint density at radius 2 is 1.95 bits per heavy atom. The van der Waals surface area contributed by atoms with Gasteiger partial charge in [-0.1, -0.05) is 30.3 Å². The van der Waals surface area contributed by atoms with Crippen molar-refractivity contribution in [3.05, 3.63) is 35.9 Å². The van der Waals surface area contributed by atoms with Crippen molar-refractivity contribution in [1.82, 2.24) is 10.6 Å². The molecule has 1 saturated carbocycles. The van der Waals surface area contributed by atoms with Crippen LogP contribution in [-0.2, 0) is 6.42 Å². The lowest BCUT2D eigenvalue weighted by Gasteiger charge is -2.13. The number of aliphatic imine (C=N–C) groups is 1. The highest BCUT2D eigenvalue weighted by Crippen LogP contribution is 2.45. The highest BCUT2D eigenvalue weighted by Gasteiger charge is 2.41. The molecule has 3 N–H and O–H groups in total. The first-order valence-electron chi connectivity index (χ1n) is 7.45. The van der Waals surface area contributed by atoms with Gasteiger partial charge in [0.25, 0.3) is 0 Å². The van der Waals surface area contributed by atoms with E-state index < -0.39 is 0 Å². The Morgan fingerprint density at radius 3 is 2.52 bits per heavy atom. The lowest BCUT2D eigenvalue weighted by Crippen LogP contribution is -2.38. The van der Waals surface area contributed by atoms with Gasteiger partial charge < -0.3 is 15.7 Å². The minimum atomic E-state index is 0. The molecule has 5 heteroatoms. The van der Waals surface area contributed by atoms with Crippen LogP contribution in [0.3, 0.4) is 0 Å². The molecule has 0 aromatic heterocycles. The number of aliphatic hydroxyl groups is 1. The summed E-state index contributed by atoms with van der Waals surface area (Å²) in [5.41, 5.74) is 1.40. The average molecular weight is 403 g/mol. The van der Waals surface area contributed by atoms with Gasteiger partial charge in [-0.25, -0.2) is 0 Å². The summed E-state index contributed by atoms with van der Waals surface area (Å²) in [6, 6.07) is 10.4. The Morgan fingerprint density at radius 1 is 1.24 bits per heavy atom. The van der Waals surface area contributed by atoms with Crippen molar-refractivity contribution in [3.8, 4) is 0 Å². The molecule has 1 aliphatic rings. The second-order valence-corrected chi connectivity index (χ2v) is 5.52. The van der Waals surface area contributed by atoms with Crippen molar-refractivity contribution >= 4 is 29.9 Å². The smallest absolute Gasteiger partial charge is 0.191 e. The summed E-state index contributed by atoms with van der Waals surface area (Å²) in [4.78, 5) is 4.58. The largest absolute Gasteiger partial charge is 0.396 e. The number of halogens is 1. The first-order chi connectivity index (χ1) is 9.78. The van der Waals surface area contributed by atoms with E-state index in [1.807, 2.05) is 6.07 Å². The second kappa shape index (κ2) is 9.25. The fourth-order valence-electron chi connectivity index (χ4n) is 2.10. The Labute approximate surface area is 144 Å². The molecule has 0 spiro atoms. The standard InChI is InChI=1S/C16H25N3O.HI/c1-2-17-15(19-12-16(13-20)9-10-16)18-11-8-14-6-4-3-5-7-14;/h3-7,20H,2,8-13H2,1H3,(H2,17,18,19);1H. The van der Waals surface area contributed by atoms with Crippen LogP contribution in [0.1, 0.15) is 25.3 Å². The summed E-state index contributed by atoms with van der Waals surface area (Å²) < 4.78 is 0. The summed E-state index contributed by atoms with van der Waals surface area (Å²) >= 11 is 0. The van der Waals surface area contributed by atoms with Crippen LogP contribution in [0.25, 0.3) is 0 Å². The Kier molecular flexibility index (Phi) is 8.03. The lowest BCUT2D eigenvalue weighted by molar-refractivity contribution is 0.217. The highest BCUT2D eigenvalue weighted by atomic mass is 127. The quantitative estimate of drug-likeness (QED) is 0.372. The van der Waals surface area contributed by atoms with Crippen molar-refractivity contribution in [2.45, 2.75) is 26.2 Å². The van der Waals surface area contributed by atoms with Crippen LogP contribution in [0.2, 0.25) is 0 Å². The third-order valence-electron chi connectivity index (χ3n) is 3.76. The summed E-state index contributed by atoms with van der Waals surface area (Å²) in [7, 11) is 0. The zero-order valence-electron chi connectivity index (χ0n) is 12.6. The summed E-state index contributed by atoms with van der Waals surface area (Å²) in [5.74, 6) is 0.850. The van der Waals surface area contributed by atoms with Crippen molar-refractivity contribution in [1.29, 1.82) is 0 Å². The summed E-state index contributed by atoms with van der Waals surface area (Å²) in [5, 5.41) is 15.9. The van der Waals surface area contributed by atoms with Crippen LogP contribution < -0.4 is 10.6 Å². The summed E-state index contributed by atoms with van der Waals surface area (Å²) in [6.45, 7) is 4.74. The van der Waals surface area contributed by atoms with Crippen molar-refractivity contribution in [3.63, 3.8) is 0 Å². The Hall–Kier alpha value is -0.820. The van der Waals surface area contributed by atoms with Gasteiger partial charge in [0.15, 0.2) is 5.96 Å². The van der Waals surface area contributed by atoms with Gasteiger partial charge in [-0.3, -0.25) is 4.99 Å². The number of hydrogen-bond donors (Lipinski definition) is 3. The molecule has 4 nitrogen and oxygen atoms in total. The van der Waals surface area contributed by atoms with Crippen LogP contribution in [0.4, 0.5) is 0 Å². The molecule has 118 valence electrons. The minimum Gasteiger partial charge on any atom is -0.396 e. The van der Waals surface area contributed by atoms with E-state index in [1.54, 1.807) is 0 Å². The minimum absolute atomic E-state index is 0.